The number of carbonyl (C=O) groups excluding carboxylic acids is 3. The number of nitrogens with zero attached hydrogens (tertiary/aromatic N) is 5. The van der Waals surface area contributed by atoms with Gasteiger partial charge in [-0.25, -0.2) is 4.39 Å². The molecule has 0 aliphatic carbocycles. The van der Waals surface area contributed by atoms with Gasteiger partial charge in [0.15, 0.2) is 0 Å². The average molecular weight is 455 g/mol. The summed E-state index contributed by atoms with van der Waals surface area (Å²) < 4.78 is 16.4. The van der Waals surface area contributed by atoms with Crippen LogP contribution in [0.3, 0.4) is 0 Å². The quantitative estimate of drug-likeness (QED) is 0.692. The number of piperazine rings is 1. The fourth-order valence-corrected chi connectivity index (χ4v) is 5.05. The van der Waals surface area contributed by atoms with Gasteiger partial charge in [0.2, 0.25) is 11.8 Å². The maximum atomic E-state index is 14.5. The van der Waals surface area contributed by atoms with Gasteiger partial charge in [0.05, 0.1) is 11.9 Å². The lowest BCUT2D eigenvalue weighted by Crippen LogP contribution is -2.52. The van der Waals surface area contributed by atoms with E-state index in [1.54, 1.807) is 0 Å². The van der Waals surface area contributed by atoms with Crippen molar-refractivity contribution in [2.45, 2.75) is 38.9 Å². The minimum Gasteiger partial charge on any atom is -0.369 e. The molecule has 0 bridgehead atoms. The smallest absolute Gasteiger partial charge is 0.255 e. The van der Waals surface area contributed by atoms with E-state index in [4.69, 9.17) is 0 Å². The summed E-state index contributed by atoms with van der Waals surface area (Å²) in [7, 11) is 1.94. The first-order valence-corrected chi connectivity index (χ1v) is 11.2. The van der Waals surface area contributed by atoms with Crippen molar-refractivity contribution in [1.82, 2.24) is 24.9 Å². The van der Waals surface area contributed by atoms with Crippen LogP contribution in [0.4, 0.5) is 10.1 Å². The molecule has 1 unspecified atom stereocenters. The molecule has 10 heteroatoms. The number of aromatic nitrogens is 2. The molecule has 33 heavy (non-hydrogen) atoms. The van der Waals surface area contributed by atoms with Crippen molar-refractivity contribution >= 4 is 23.4 Å². The molecule has 3 aliphatic heterocycles. The number of amides is 3. The zero-order valence-corrected chi connectivity index (χ0v) is 18.8. The number of anilines is 1. The molecule has 2 fully saturated rings. The molecule has 3 aliphatic rings. The number of fused-ring (bicyclic) bond motifs is 1. The van der Waals surface area contributed by atoms with E-state index in [0.717, 1.165) is 30.8 Å². The van der Waals surface area contributed by atoms with Crippen molar-refractivity contribution < 1.29 is 18.8 Å². The number of aryl methyl sites for hydroxylation is 2. The number of benzene rings is 1. The Morgan fingerprint density at radius 1 is 1.15 bits per heavy atom. The largest absolute Gasteiger partial charge is 0.369 e. The predicted octanol–water partition coefficient (Wildman–Crippen LogP) is 0.951. The van der Waals surface area contributed by atoms with Crippen molar-refractivity contribution in [3.63, 3.8) is 0 Å². The van der Waals surface area contributed by atoms with Crippen LogP contribution in [0.5, 0.6) is 0 Å². The van der Waals surface area contributed by atoms with E-state index >= 15 is 0 Å². The monoisotopic (exact) mass is 454 g/mol. The Kier molecular flexibility index (Phi) is 5.40. The summed E-state index contributed by atoms with van der Waals surface area (Å²) in [5.41, 5.74) is 4.12. The molecular formula is C23H27FN6O3. The zero-order valence-electron chi connectivity index (χ0n) is 18.8. The highest BCUT2D eigenvalue weighted by molar-refractivity contribution is 6.06. The molecule has 0 spiro atoms. The summed E-state index contributed by atoms with van der Waals surface area (Å²) in [5, 5.41) is 6.62. The van der Waals surface area contributed by atoms with Crippen LogP contribution in [0.1, 0.15) is 40.0 Å². The topological polar surface area (TPSA) is 90.8 Å². The highest BCUT2D eigenvalue weighted by atomic mass is 19.1. The Balaban J connectivity index is 1.32. The first-order valence-electron chi connectivity index (χ1n) is 11.2. The van der Waals surface area contributed by atoms with Crippen LogP contribution < -0.4 is 10.2 Å². The second kappa shape index (κ2) is 8.26. The van der Waals surface area contributed by atoms with Crippen molar-refractivity contribution in [3.8, 4) is 0 Å². The van der Waals surface area contributed by atoms with Gasteiger partial charge in [-0.1, -0.05) is 0 Å². The van der Waals surface area contributed by atoms with Crippen LogP contribution in [-0.2, 0) is 29.7 Å². The number of halogens is 1. The standard InChI is InChI=1S/C23H27FN6O3/c1-14-11-25-27(2)20(14)13-28-5-7-29(8-6-28)19-10-15(24)9-16-17(19)12-30(23(16)33)18-3-4-21(31)26-22(18)32/h9-11,18H,3-8,12-13H2,1-2H3,(H,26,31,32). The minimum atomic E-state index is -0.711. The number of hydrogen-bond donors (Lipinski definition) is 1. The summed E-state index contributed by atoms with van der Waals surface area (Å²) in [6.07, 6.45) is 2.34. The van der Waals surface area contributed by atoms with Crippen molar-refractivity contribution in [2.75, 3.05) is 31.1 Å². The van der Waals surface area contributed by atoms with E-state index in [-0.39, 0.29) is 31.2 Å². The lowest BCUT2D eigenvalue weighted by molar-refractivity contribution is -0.136. The van der Waals surface area contributed by atoms with E-state index in [1.165, 1.54) is 22.7 Å². The molecule has 4 heterocycles. The first-order chi connectivity index (χ1) is 15.8. The fourth-order valence-electron chi connectivity index (χ4n) is 5.05. The number of rotatable bonds is 4. The van der Waals surface area contributed by atoms with Gasteiger partial charge in [0, 0.05) is 69.6 Å². The van der Waals surface area contributed by atoms with Crippen LogP contribution in [0.25, 0.3) is 0 Å². The van der Waals surface area contributed by atoms with Crippen LogP contribution in [-0.4, -0.2) is 69.5 Å². The second-order valence-electron chi connectivity index (χ2n) is 9.01. The number of piperidine rings is 1. The van der Waals surface area contributed by atoms with Gasteiger partial charge in [-0.15, -0.1) is 0 Å². The first kappa shape index (κ1) is 21.6. The predicted molar refractivity (Wildman–Crippen MR) is 118 cm³/mol. The van der Waals surface area contributed by atoms with Crippen LogP contribution >= 0.6 is 0 Å². The summed E-state index contributed by atoms with van der Waals surface area (Å²) in [5.74, 6) is -1.61. The fraction of sp³-hybridized carbons (Fsp3) is 0.478. The Hall–Kier alpha value is -3.27. The SMILES string of the molecule is Cc1cnn(C)c1CN1CCN(c2cc(F)cc3c2CN(C2CCC(=O)NC2=O)C3=O)CC1. The normalized spacial score (nSPS) is 21.5. The number of imide groups is 1. The molecular weight excluding hydrogens is 427 g/mol. The third-order valence-electron chi connectivity index (χ3n) is 6.95. The summed E-state index contributed by atoms with van der Waals surface area (Å²) in [4.78, 5) is 42.8. The Morgan fingerprint density at radius 3 is 2.58 bits per heavy atom. The Bertz CT molecular complexity index is 1120. The van der Waals surface area contributed by atoms with E-state index < -0.39 is 17.8 Å². The number of nitrogens with one attached hydrogen (secondary N) is 1. The summed E-state index contributed by atoms with van der Waals surface area (Å²) in [6.45, 7) is 6.13. The van der Waals surface area contributed by atoms with Crippen molar-refractivity contribution in [3.05, 3.63) is 46.5 Å². The van der Waals surface area contributed by atoms with Crippen LogP contribution in [0, 0.1) is 12.7 Å². The van der Waals surface area contributed by atoms with Gasteiger partial charge >= 0.3 is 0 Å². The molecule has 2 saturated heterocycles. The van der Waals surface area contributed by atoms with E-state index in [1.807, 2.05) is 17.9 Å². The van der Waals surface area contributed by atoms with Crippen LogP contribution in [0.2, 0.25) is 0 Å². The van der Waals surface area contributed by atoms with Crippen LogP contribution in [0.15, 0.2) is 18.3 Å². The molecule has 1 aromatic heterocycles. The van der Waals surface area contributed by atoms with Gasteiger partial charge < -0.3 is 9.80 Å². The van der Waals surface area contributed by atoms with Crippen molar-refractivity contribution in [1.29, 1.82) is 0 Å². The van der Waals surface area contributed by atoms with E-state index in [9.17, 15) is 18.8 Å². The van der Waals surface area contributed by atoms with E-state index in [0.29, 0.717) is 24.3 Å². The number of hydrogen-bond acceptors (Lipinski definition) is 6. The van der Waals surface area contributed by atoms with Gasteiger partial charge in [-0.05, 0) is 31.0 Å². The zero-order chi connectivity index (χ0) is 23.3. The van der Waals surface area contributed by atoms with Crippen molar-refractivity contribution in [2.24, 2.45) is 7.05 Å². The van der Waals surface area contributed by atoms with Gasteiger partial charge in [0.1, 0.15) is 11.9 Å². The maximum absolute atomic E-state index is 14.5. The Labute approximate surface area is 191 Å². The average Bonchev–Trinajstić information content (AvgIpc) is 3.28. The highest BCUT2D eigenvalue weighted by Gasteiger charge is 2.41. The molecule has 9 nitrogen and oxygen atoms in total. The molecule has 1 atom stereocenters. The maximum Gasteiger partial charge on any atom is 0.255 e. The molecule has 0 saturated carbocycles. The lowest BCUT2D eigenvalue weighted by Gasteiger charge is -2.37. The molecule has 0 radical (unpaired) electrons. The van der Waals surface area contributed by atoms with Gasteiger partial charge in [-0.2, -0.15) is 5.10 Å². The number of carbonyl (C=O) groups is 3. The summed E-state index contributed by atoms with van der Waals surface area (Å²) in [6, 6.07) is 2.03. The second-order valence-corrected chi connectivity index (χ2v) is 9.01. The molecule has 174 valence electrons. The molecule has 1 N–H and O–H groups in total. The molecule has 2 aromatic rings. The molecule has 1 aromatic carbocycles. The third kappa shape index (κ3) is 3.88. The lowest BCUT2D eigenvalue weighted by atomic mass is 10.0. The molecule has 5 rings (SSSR count). The third-order valence-corrected chi connectivity index (χ3v) is 6.95. The van der Waals surface area contributed by atoms with Gasteiger partial charge in [-0.3, -0.25) is 29.3 Å². The summed E-state index contributed by atoms with van der Waals surface area (Å²) >= 11 is 0. The van der Waals surface area contributed by atoms with E-state index in [2.05, 4.69) is 27.1 Å². The minimum absolute atomic E-state index is 0.190. The Morgan fingerprint density at radius 2 is 1.91 bits per heavy atom. The van der Waals surface area contributed by atoms with Gasteiger partial charge in [0.25, 0.3) is 5.91 Å². The molecule has 3 amide bonds. The highest BCUT2D eigenvalue weighted by Crippen LogP contribution is 2.35.